The van der Waals surface area contributed by atoms with Gasteiger partial charge in [-0.2, -0.15) is 0 Å². The highest BCUT2D eigenvalue weighted by Gasteiger charge is 2.45. The highest BCUT2D eigenvalue weighted by molar-refractivity contribution is 5.85. The number of rotatable bonds is 10. The third-order valence-corrected chi connectivity index (χ3v) is 15.2. The number of nitrogens with zero attached hydrogens (tertiary/aromatic N) is 2. The van der Waals surface area contributed by atoms with Crippen molar-refractivity contribution in [3.63, 3.8) is 0 Å². The Balaban J connectivity index is 0.891. The van der Waals surface area contributed by atoms with E-state index in [1.807, 2.05) is 0 Å². The highest BCUT2D eigenvalue weighted by Crippen LogP contribution is 2.48. The molecule has 1 saturated heterocycles. The normalized spacial score (nSPS) is 19.6. The largest absolute Gasteiger partial charge is 0.364 e. The SMILES string of the molecule is CC1CC(c2ccccc2)=CC=C1N(C1=CC=C2C3=c4ccccc4=C4C=C(N(c5ccc(-c6ccccc6)cc5)c5ccc(-c6ccccc6)cc5)C=CC4C3OC2C1)c1ccc(-c2ccccc2)cc1. The van der Waals surface area contributed by atoms with Gasteiger partial charge in [0.05, 0.1) is 12.2 Å². The van der Waals surface area contributed by atoms with Crippen molar-refractivity contribution in [2.45, 2.75) is 32.0 Å². The van der Waals surface area contributed by atoms with Crippen molar-refractivity contribution >= 4 is 33.8 Å². The van der Waals surface area contributed by atoms with Crippen LogP contribution in [0, 0.1) is 11.8 Å². The monoisotopic (exact) mass is 926 g/mol. The number of anilines is 3. The quantitative estimate of drug-likeness (QED) is 0.136. The molecule has 3 heteroatoms. The summed E-state index contributed by atoms with van der Waals surface area (Å²) in [4.78, 5) is 4.93. The van der Waals surface area contributed by atoms with Crippen molar-refractivity contribution in [2.24, 2.45) is 11.8 Å². The molecule has 0 spiro atoms. The molecule has 4 unspecified atom stereocenters. The standard InChI is InChI=1S/C69H54N2O/c1-47-44-55(51-22-12-5-13-23-51)32-43-66(47)71(58-37-30-54(31-38-58)50-20-10-4-11-21-50)60-40-42-64-67(46-60)72-69-63-41-39-59(45-65(63)61-24-14-15-25-62(61)68(64)69)70(56-33-26-52(27-34-56)48-16-6-2-7-17-48)57-35-28-53(29-36-57)49-18-8-3-9-19-49/h2-43,45,47,63,67,69H,44,46H2,1H3. The van der Waals surface area contributed by atoms with Crippen LogP contribution in [0.25, 0.3) is 50.1 Å². The maximum Gasteiger partial charge on any atom is 0.0946 e. The van der Waals surface area contributed by atoms with Crippen LogP contribution >= 0.6 is 0 Å². The van der Waals surface area contributed by atoms with Crippen LogP contribution in [-0.4, -0.2) is 12.2 Å². The number of hydrogen-bond donors (Lipinski definition) is 0. The summed E-state index contributed by atoms with van der Waals surface area (Å²) < 4.78 is 7.43. The van der Waals surface area contributed by atoms with Crippen LogP contribution in [0.15, 0.2) is 284 Å². The Hall–Kier alpha value is -8.50. The van der Waals surface area contributed by atoms with Crippen molar-refractivity contribution in [3.8, 4) is 33.4 Å². The van der Waals surface area contributed by atoms with Crippen LogP contribution < -0.4 is 20.2 Å². The van der Waals surface area contributed by atoms with E-state index in [1.54, 1.807) is 0 Å². The molecule has 72 heavy (non-hydrogen) atoms. The lowest BCUT2D eigenvalue weighted by atomic mass is 9.77. The Morgan fingerprint density at radius 1 is 0.431 bits per heavy atom. The summed E-state index contributed by atoms with van der Waals surface area (Å²) in [7, 11) is 0. The van der Waals surface area contributed by atoms with E-state index in [2.05, 4.69) is 278 Å². The Kier molecular flexibility index (Phi) is 11.3. The van der Waals surface area contributed by atoms with Gasteiger partial charge in [-0.15, -0.1) is 0 Å². The minimum Gasteiger partial charge on any atom is -0.364 e. The van der Waals surface area contributed by atoms with Crippen LogP contribution in [0.2, 0.25) is 0 Å². The molecule has 1 fully saturated rings. The third kappa shape index (κ3) is 8.02. The van der Waals surface area contributed by atoms with Gasteiger partial charge >= 0.3 is 0 Å². The van der Waals surface area contributed by atoms with Crippen molar-refractivity contribution in [2.75, 3.05) is 9.80 Å². The first-order valence-electron chi connectivity index (χ1n) is 25.4. The maximum atomic E-state index is 7.43. The zero-order valence-electron chi connectivity index (χ0n) is 40.4. The molecule has 346 valence electrons. The first-order chi connectivity index (χ1) is 35.6. The van der Waals surface area contributed by atoms with Crippen LogP contribution in [0.5, 0.6) is 0 Å². The fourth-order valence-electron chi connectivity index (χ4n) is 11.7. The number of fused-ring (bicyclic) bond motifs is 6. The van der Waals surface area contributed by atoms with Crippen molar-refractivity contribution in [1.29, 1.82) is 0 Å². The molecule has 0 bridgehead atoms. The predicted octanol–water partition coefficient (Wildman–Crippen LogP) is 15.4. The van der Waals surface area contributed by atoms with Gasteiger partial charge in [0, 0.05) is 52.4 Å². The Morgan fingerprint density at radius 3 is 1.43 bits per heavy atom. The molecule has 1 heterocycles. The van der Waals surface area contributed by atoms with Gasteiger partial charge in [0.1, 0.15) is 0 Å². The van der Waals surface area contributed by atoms with Crippen LogP contribution in [0.1, 0.15) is 25.3 Å². The second-order valence-electron chi connectivity index (χ2n) is 19.6. The number of benzene rings is 8. The number of hydrogen-bond acceptors (Lipinski definition) is 3. The van der Waals surface area contributed by atoms with E-state index >= 15 is 0 Å². The molecule has 0 N–H and O–H groups in total. The van der Waals surface area contributed by atoms with Crippen LogP contribution in [0.4, 0.5) is 17.1 Å². The third-order valence-electron chi connectivity index (χ3n) is 15.2. The van der Waals surface area contributed by atoms with E-state index in [9.17, 15) is 0 Å². The Morgan fingerprint density at radius 2 is 0.903 bits per heavy atom. The molecule has 3 nitrogen and oxygen atoms in total. The van der Waals surface area contributed by atoms with E-state index < -0.39 is 0 Å². The van der Waals surface area contributed by atoms with Gasteiger partial charge < -0.3 is 14.5 Å². The lowest BCUT2D eigenvalue weighted by Crippen LogP contribution is -2.41. The Labute approximate surface area is 423 Å². The minimum absolute atomic E-state index is 0.0561. The molecule has 0 aromatic heterocycles. The molecular weight excluding hydrogens is 873 g/mol. The Bertz CT molecular complexity index is 3560. The molecular formula is C69H54N2O. The minimum atomic E-state index is -0.112. The molecule has 0 radical (unpaired) electrons. The molecule has 4 atom stereocenters. The number of ether oxygens (including phenoxy) is 1. The summed E-state index contributed by atoms with van der Waals surface area (Å²) >= 11 is 0. The first kappa shape index (κ1) is 43.5. The average molecular weight is 927 g/mol. The van der Waals surface area contributed by atoms with E-state index in [1.165, 1.54) is 88.8 Å². The molecule has 0 amide bonds. The van der Waals surface area contributed by atoms with E-state index in [0.717, 1.165) is 29.9 Å². The molecule has 5 aliphatic rings. The van der Waals surface area contributed by atoms with Gasteiger partial charge in [0.15, 0.2) is 0 Å². The smallest absolute Gasteiger partial charge is 0.0946 e. The fraction of sp³-hybridized carbons (Fsp3) is 0.101. The second-order valence-corrected chi connectivity index (χ2v) is 19.6. The first-order valence-corrected chi connectivity index (χ1v) is 25.4. The molecule has 8 aromatic rings. The molecule has 8 aromatic carbocycles. The predicted molar refractivity (Wildman–Crippen MR) is 299 cm³/mol. The van der Waals surface area contributed by atoms with Crippen molar-refractivity contribution in [3.05, 3.63) is 300 Å². The summed E-state index contributed by atoms with van der Waals surface area (Å²) in [6.07, 6.45) is 18.2. The van der Waals surface area contributed by atoms with Gasteiger partial charge in [0.2, 0.25) is 0 Å². The lowest BCUT2D eigenvalue weighted by Gasteiger charge is -2.37. The van der Waals surface area contributed by atoms with E-state index in [4.69, 9.17) is 4.74 Å². The second kappa shape index (κ2) is 18.7. The van der Waals surface area contributed by atoms with Crippen LogP contribution in [0.3, 0.4) is 0 Å². The van der Waals surface area contributed by atoms with Gasteiger partial charge in [-0.1, -0.05) is 207 Å². The summed E-state index contributed by atoms with van der Waals surface area (Å²) in [5, 5.41) is 2.54. The van der Waals surface area contributed by atoms with Crippen molar-refractivity contribution < 1.29 is 4.74 Å². The van der Waals surface area contributed by atoms with E-state index in [-0.39, 0.29) is 18.1 Å². The lowest BCUT2D eigenvalue weighted by molar-refractivity contribution is 0.0556. The molecule has 0 saturated carbocycles. The maximum absolute atomic E-state index is 7.43. The molecule has 1 aliphatic heterocycles. The zero-order valence-corrected chi connectivity index (χ0v) is 40.4. The summed E-state index contributed by atoms with van der Waals surface area (Å²) in [6.45, 7) is 2.38. The topological polar surface area (TPSA) is 15.7 Å². The van der Waals surface area contributed by atoms with Gasteiger partial charge in [-0.3, -0.25) is 0 Å². The van der Waals surface area contributed by atoms with Gasteiger partial charge in [0.25, 0.3) is 0 Å². The average Bonchev–Trinajstić information content (AvgIpc) is 3.85. The number of allylic oxidation sites excluding steroid dienone is 8. The summed E-state index contributed by atoms with van der Waals surface area (Å²) in [5.41, 5.74) is 20.9. The van der Waals surface area contributed by atoms with Gasteiger partial charge in [-0.25, -0.2) is 0 Å². The summed E-state index contributed by atoms with van der Waals surface area (Å²) in [6, 6.07) is 78.9. The summed E-state index contributed by atoms with van der Waals surface area (Å²) in [5.74, 6) is 0.355. The molecule has 4 aliphatic carbocycles. The van der Waals surface area contributed by atoms with Crippen molar-refractivity contribution in [1.82, 2.24) is 0 Å². The van der Waals surface area contributed by atoms with Gasteiger partial charge in [-0.05, 0) is 139 Å². The molecule has 13 rings (SSSR count). The van der Waals surface area contributed by atoms with Crippen LogP contribution in [-0.2, 0) is 4.74 Å². The zero-order chi connectivity index (χ0) is 48.0. The highest BCUT2D eigenvalue weighted by atomic mass is 16.5. The fourth-order valence-corrected chi connectivity index (χ4v) is 11.7. The van der Waals surface area contributed by atoms with E-state index in [0.29, 0.717) is 5.92 Å².